The van der Waals surface area contributed by atoms with Crippen LogP contribution < -0.4 is 5.14 Å². The van der Waals surface area contributed by atoms with E-state index >= 15 is 4.39 Å². The molecule has 33 heavy (non-hydrogen) atoms. The van der Waals surface area contributed by atoms with Gasteiger partial charge in [0.2, 0.25) is 10.0 Å². The highest BCUT2D eigenvalue weighted by Crippen LogP contribution is 2.39. The number of rotatable bonds is 4. The maximum atomic E-state index is 15.0. The number of halogens is 2. The van der Waals surface area contributed by atoms with Crippen LogP contribution in [0.4, 0.5) is 4.39 Å². The van der Waals surface area contributed by atoms with E-state index in [9.17, 15) is 13.2 Å². The Morgan fingerprint density at radius 3 is 2.39 bits per heavy atom. The molecular weight excluding hydrogens is 489 g/mol. The quantitative estimate of drug-likeness (QED) is 0.568. The van der Waals surface area contributed by atoms with Gasteiger partial charge in [-0.1, -0.05) is 23.7 Å². The first kappa shape index (κ1) is 23.8. The van der Waals surface area contributed by atoms with E-state index in [0.29, 0.717) is 34.2 Å². The van der Waals surface area contributed by atoms with Gasteiger partial charge in [-0.15, -0.1) is 11.3 Å². The van der Waals surface area contributed by atoms with Crippen molar-refractivity contribution in [1.29, 1.82) is 0 Å². The van der Waals surface area contributed by atoms with Crippen LogP contribution in [0, 0.1) is 5.82 Å². The largest absolute Gasteiger partial charge is 0.372 e. The first-order valence-electron chi connectivity index (χ1n) is 10.1. The predicted molar refractivity (Wildman–Crippen MR) is 125 cm³/mol. The highest BCUT2D eigenvalue weighted by molar-refractivity contribution is 7.89. The summed E-state index contributed by atoms with van der Waals surface area (Å²) in [6.45, 7) is 4.63. The number of hydrogen-bond donors (Lipinski definition) is 1. The number of benzene rings is 2. The topological polar surface area (TPSA) is 103 Å². The van der Waals surface area contributed by atoms with Crippen molar-refractivity contribution in [3.63, 3.8) is 0 Å². The molecule has 174 valence electrons. The van der Waals surface area contributed by atoms with Crippen LogP contribution in [0.1, 0.15) is 23.6 Å². The minimum atomic E-state index is -4.06. The molecular formula is C22H21ClFN3O4S2. The number of carbonyl (C=O) groups excluding carboxylic acids is 1. The highest BCUT2D eigenvalue weighted by atomic mass is 35.5. The van der Waals surface area contributed by atoms with Crippen molar-refractivity contribution in [2.24, 2.45) is 5.14 Å². The van der Waals surface area contributed by atoms with Gasteiger partial charge in [-0.25, -0.2) is 22.9 Å². The molecule has 1 aliphatic heterocycles. The van der Waals surface area contributed by atoms with Gasteiger partial charge in [0.25, 0.3) is 5.91 Å². The molecule has 1 aliphatic rings. The van der Waals surface area contributed by atoms with Gasteiger partial charge in [-0.3, -0.25) is 4.79 Å². The number of primary sulfonamides is 1. The minimum absolute atomic E-state index is 0.115. The Hall–Kier alpha value is -2.37. The number of hydrogen-bond acceptors (Lipinski definition) is 6. The number of sulfonamides is 1. The van der Waals surface area contributed by atoms with Crippen molar-refractivity contribution in [1.82, 2.24) is 9.88 Å². The van der Waals surface area contributed by atoms with E-state index in [-0.39, 0.29) is 33.6 Å². The molecule has 0 aliphatic carbocycles. The zero-order valence-electron chi connectivity index (χ0n) is 17.8. The third-order valence-corrected chi connectivity index (χ3v) is 7.39. The summed E-state index contributed by atoms with van der Waals surface area (Å²) in [5.41, 5.74) is 1.16. The fourth-order valence-electron chi connectivity index (χ4n) is 3.73. The predicted octanol–water partition coefficient (Wildman–Crippen LogP) is 4.17. The van der Waals surface area contributed by atoms with Crippen molar-refractivity contribution >= 4 is 38.9 Å². The fraction of sp³-hybridized carbons (Fsp3) is 0.273. The summed E-state index contributed by atoms with van der Waals surface area (Å²) in [5, 5.41) is 5.84. The lowest BCUT2D eigenvalue weighted by Gasteiger charge is -2.34. The second-order valence-corrected chi connectivity index (χ2v) is 10.9. The maximum Gasteiger partial charge on any atom is 0.283 e. The molecule has 1 aromatic heterocycles. The van der Waals surface area contributed by atoms with Crippen LogP contribution in [0.2, 0.25) is 5.02 Å². The zero-order chi connectivity index (χ0) is 23.9. The molecule has 2 unspecified atom stereocenters. The summed E-state index contributed by atoms with van der Waals surface area (Å²) in [5.74, 6) is -1.06. The van der Waals surface area contributed by atoms with Crippen LogP contribution >= 0.6 is 22.9 Å². The summed E-state index contributed by atoms with van der Waals surface area (Å²) in [6.07, 6.45) is -0.230. The van der Waals surface area contributed by atoms with Crippen LogP contribution in [0.15, 0.2) is 47.4 Å². The van der Waals surface area contributed by atoms with Crippen molar-refractivity contribution in [2.45, 2.75) is 31.0 Å². The van der Waals surface area contributed by atoms with Gasteiger partial charge in [0, 0.05) is 29.2 Å². The van der Waals surface area contributed by atoms with E-state index in [1.165, 1.54) is 12.1 Å². The molecule has 2 atom stereocenters. The third-order valence-electron chi connectivity index (χ3n) is 5.15. The Bertz CT molecular complexity index is 1300. The summed E-state index contributed by atoms with van der Waals surface area (Å²) in [7, 11) is -4.06. The minimum Gasteiger partial charge on any atom is -0.372 e. The molecule has 11 heteroatoms. The van der Waals surface area contributed by atoms with Crippen molar-refractivity contribution in [2.75, 3.05) is 13.1 Å². The maximum absolute atomic E-state index is 15.0. The van der Waals surface area contributed by atoms with Crippen LogP contribution in [0.3, 0.4) is 0 Å². The second kappa shape index (κ2) is 9.11. The lowest BCUT2D eigenvalue weighted by Crippen LogP contribution is -2.48. The van der Waals surface area contributed by atoms with E-state index in [1.807, 2.05) is 13.8 Å². The van der Waals surface area contributed by atoms with Crippen LogP contribution in [-0.4, -0.2) is 49.5 Å². The standard InChI is InChI=1S/C22H21ClFN3O4S2/c1-12-10-27(11-13(2)31-12)22(28)21-26-19(14-3-5-15(23)6-4-14)20(32-21)17-8-7-16(9-18(17)24)33(25,29)30/h3-9,12-13H,10-11H2,1-2H3,(H2,25,29,30). The molecule has 1 saturated heterocycles. The fourth-order valence-corrected chi connectivity index (χ4v) is 5.47. The molecule has 1 amide bonds. The molecule has 2 N–H and O–H groups in total. The van der Waals surface area contributed by atoms with E-state index in [0.717, 1.165) is 17.4 Å². The van der Waals surface area contributed by atoms with E-state index in [4.69, 9.17) is 21.5 Å². The Kier molecular flexibility index (Phi) is 6.56. The van der Waals surface area contributed by atoms with E-state index < -0.39 is 15.8 Å². The Balaban J connectivity index is 1.81. The molecule has 1 fully saturated rings. The van der Waals surface area contributed by atoms with Crippen molar-refractivity contribution < 1.29 is 22.3 Å². The monoisotopic (exact) mass is 509 g/mol. The SMILES string of the molecule is CC1CN(C(=O)c2nc(-c3ccc(Cl)cc3)c(-c3ccc(S(N)(=O)=O)cc3F)s2)CC(C)O1. The van der Waals surface area contributed by atoms with Crippen molar-refractivity contribution in [3.8, 4) is 21.7 Å². The van der Waals surface area contributed by atoms with Gasteiger partial charge in [0.05, 0.1) is 27.7 Å². The molecule has 4 rings (SSSR count). The van der Waals surface area contributed by atoms with Gasteiger partial charge in [0.15, 0.2) is 5.01 Å². The average molecular weight is 510 g/mol. The normalized spacial score (nSPS) is 19.0. The molecule has 0 radical (unpaired) electrons. The van der Waals surface area contributed by atoms with Crippen LogP contribution in [-0.2, 0) is 14.8 Å². The van der Waals surface area contributed by atoms with Gasteiger partial charge in [-0.2, -0.15) is 0 Å². The molecule has 2 aromatic carbocycles. The number of thiazole rings is 1. The number of carbonyl (C=O) groups is 1. The molecule has 0 bridgehead atoms. The first-order valence-corrected chi connectivity index (χ1v) is 12.8. The summed E-state index contributed by atoms with van der Waals surface area (Å²) >= 11 is 7.05. The van der Waals surface area contributed by atoms with Crippen LogP contribution in [0.5, 0.6) is 0 Å². The highest BCUT2D eigenvalue weighted by Gasteiger charge is 2.30. The number of ether oxygens (including phenoxy) is 1. The van der Waals surface area contributed by atoms with Gasteiger partial charge in [-0.05, 0) is 44.2 Å². The van der Waals surface area contributed by atoms with E-state index in [2.05, 4.69) is 4.98 Å². The molecule has 2 heterocycles. The van der Waals surface area contributed by atoms with Gasteiger partial charge < -0.3 is 9.64 Å². The number of nitrogens with zero attached hydrogens (tertiary/aromatic N) is 2. The van der Waals surface area contributed by atoms with Gasteiger partial charge >= 0.3 is 0 Å². The number of aromatic nitrogens is 1. The summed E-state index contributed by atoms with van der Waals surface area (Å²) < 4.78 is 43.9. The molecule has 0 spiro atoms. The number of amides is 1. The molecule has 3 aromatic rings. The smallest absolute Gasteiger partial charge is 0.283 e. The second-order valence-electron chi connectivity index (χ2n) is 7.86. The lowest BCUT2D eigenvalue weighted by atomic mass is 10.1. The first-order chi connectivity index (χ1) is 15.5. The zero-order valence-corrected chi connectivity index (χ0v) is 20.2. The Morgan fingerprint density at radius 2 is 1.82 bits per heavy atom. The Labute approximate surface area is 200 Å². The van der Waals surface area contributed by atoms with Gasteiger partial charge in [0.1, 0.15) is 5.82 Å². The number of nitrogens with two attached hydrogens (primary N) is 1. The molecule has 0 saturated carbocycles. The molecule has 7 nitrogen and oxygen atoms in total. The van der Waals surface area contributed by atoms with Crippen LogP contribution in [0.25, 0.3) is 21.7 Å². The summed E-state index contributed by atoms with van der Waals surface area (Å²) in [6, 6.07) is 10.2. The van der Waals surface area contributed by atoms with Crippen molar-refractivity contribution in [3.05, 3.63) is 58.3 Å². The Morgan fingerprint density at radius 1 is 1.18 bits per heavy atom. The average Bonchev–Trinajstić information content (AvgIpc) is 3.17. The summed E-state index contributed by atoms with van der Waals surface area (Å²) in [4.78, 5) is 19.5. The van der Waals surface area contributed by atoms with E-state index in [1.54, 1.807) is 29.2 Å². The third kappa shape index (κ3) is 5.10. The lowest BCUT2D eigenvalue weighted by molar-refractivity contribution is -0.0586. The number of morpholine rings is 1.